The molecule has 3 aromatic heterocycles. The van der Waals surface area contributed by atoms with E-state index < -0.39 is 33.6 Å². The summed E-state index contributed by atoms with van der Waals surface area (Å²) in [4.78, 5) is 13.8. The van der Waals surface area contributed by atoms with Crippen LogP contribution < -0.4 is 5.32 Å². The van der Waals surface area contributed by atoms with Gasteiger partial charge in [0.2, 0.25) is 5.95 Å². The fourth-order valence-electron chi connectivity index (χ4n) is 2.73. The van der Waals surface area contributed by atoms with Crippen molar-refractivity contribution in [1.29, 1.82) is 0 Å². The van der Waals surface area contributed by atoms with E-state index in [2.05, 4.69) is 10.3 Å². The Hall–Kier alpha value is -3.21. The second kappa shape index (κ2) is 7.43. The van der Waals surface area contributed by atoms with Crippen LogP contribution in [0.2, 0.25) is 0 Å². The van der Waals surface area contributed by atoms with Gasteiger partial charge >= 0.3 is 6.09 Å². The van der Waals surface area contributed by atoms with Crippen molar-refractivity contribution in [3.05, 3.63) is 59.9 Å². The molecule has 11 heteroatoms. The SMILES string of the molecule is Cc1occc1S(=O)(=O)n1cc(CCNC(=O)O)c(F)c1-c1cccnc1F. The predicted molar refractivity (Wildman–Crippen MR) is 93.3 cm³/mol. The first kappa shape index (κ1) is 19.5. The van der Waals surface area contributed by atoms with E-state index in [0.717, 1.165) is 12.4 Å². The number of furan rings is 1. The van der Waals surface area contributed by atoms with Crippen LogP contribution >= 0.6 is 0 Å². The van der Waals surface area contributed by atoms with Crippen LogP contribution in [0, 0.1) is 18.7 Å². The van der Waals surface area contributed by atoms with Crippen molar-refractivity contribution in [3.63, 3.8) is 0 Å². The van der Waals surface area contributed by atoms with Gasteiger partial charge < -0.3 is 14.8 Å². The van der Waals surface area contributed by atoms with Crippen molar-refractivity contribution in [2.24, 2.45) is 0 Å². The highest BCUT2D eigenvalue weighted by Gasteiger charge is 2.30. The summed E-state index contributed by atoms with van der Waals surface area (Å²) >= 11 is 0. The molecule has 0 aromatic carbocycles. The topological polar surface area (TPSA) is 114 Å². The van der Waals surface area contributed by atoms with E-state index in [1.54, 1.807) is 0 Å². The summed E-state index contributed by atoms with van der Waals surface area (Å²) in [6.07, 6.45) is 1.88. The highest BCUT2D eigenvalue weighted by atomic mass is 32.2. The Balaban J connectivity index is 2.19. The fraction of sp³-hybridized carbons (Fsp3) is 0.176. The molecule has 0 spiro atoms. The third-order valence-corrected chi connectivity index (χ3v) is 5.80. The van der Waals surface area contributed by atoms with Gasteiger partial charge in [0.25, 0.3) is 10.0 Å². The molecule has 0 atom stereocenters. The van der Waals surface area contributed by atoms with E-state index in [4.69, 9.17) is 9.52 Å². The van der Waals surface area contributed by atoms with Gasteiger partial charge in [-0.25, -0.2) is 26.6 Å². The molecule has 148 valence electrons. The van der Waals surface area contributed by atoms with Crippen molar-refractivity contribution in [1.82, 2.24) is 14.3 Å². The number of nitrogens with one attached hydrogen (secondary N) is 1. The van der Waals surface area contributed by atoms with Crippen molar-refractivity contribution in [3.8, 4) is 11.3 Å². The molecule has 0 aliphatic rings. The van der Waals surface area contributed by atoms with Gasteiger partial charge in [-0.2, -0.15) is 4.39 Å². The smallest absolute Gasteiger partial charge is 0.404 e. The van der Waals surface area contributed by atoms with E-state index in [1.165, 1.54) is 31.4 Å². The van der Waals surface area contributed by atoms with Crippen LogP contribution in [0.15, 0.2) is 46.2 Å². The molecule has 8 nitrogen and oxygen atoms in total. The molecule has 3 aromatic rings. The van der Waals surface area contributed by atoms with Crippen LogP contribution in [0.3, 0.4) is 0 Å². The number of carboxylic acid groups (broad SMARTS) is 1. The fourth-order valence-corrected chi connectivity index (χ4v) is 4.26. The van der Waals surface area contributed by atoms with Crippen LogP contribution in [0.4, 0.5) is 13.6 Å². The quantitative estimate of drug-likeness (QED) is 0.603. The minimum atomic E-state index is -4.31. The van der Waals surface area contributed by atoms with E-state index in [0.29, 0.717) is 3.97 Å². The second-order valence-corrected chi connectivity index (χ2v) is 7.57. The number of aryl methyl sites for hydroxylation is 1. The maximum atomic E-state index is 15.1. The summed E-state index contributed by atoms with van der Waals surface area (Å²) < 4.78 is 61.0. The van der Waals surface area contributed by atoms with Crippen LogP contribution in [-0.4, -0.2) is 35.1 Å². The number of nitrogens with zero attached hydrogens (tertiary/aromatic N) is 2. The standard InChI is InChI=1S/C17H15F2N3O5S/c1-10-13(5-8-27-10)28(25,26)22-9-11(4-7-21-17(23)24)14(18)15(22)12-3-2-6-20-16(12)19/h2-3,5-6,8-9,21H,4,7H2,1H3,(H,23,24). The van der Waals surface area contributed by atoms with Crippen molar-refractivity contribution >= 4 is 16.1 Å². The summed E-state index contributed by atoms with van der Waals surface area (Å²) in [5, 5.41) is 10.7. The maximum Gasteiger partial charge on any atom is 0.404 e. The molecule has 3 heterocycles. The van der Waals surface area contributed by atoms with Gasteiger partial charge in [-0.1, -0.05) is 0 Å². The predicted octanol–water partition coefficient (Wildman–Crippen LogP) is 2.78. The average Bonchev–Trinajstić information content (AvgIpc) is 3.20. The van der Waals surface area contributed by atoms with Crippen molar-refractivity contribution in [2.75, 3.05) is 6.54 Å². The van der Waals surface area contributed by atoms with Crippen LogP contribution in [0.1, 0.15) is 11.3 Å². The molecule has 3 rings (SSSR count). The number of aromatic nitrogens is 2. The Bertz CT molecular complexity index is 1140. The first-order valence-corrected chi connectivity index (χ1v) is 9.44. The lowest BCUT2D eigenvalue weighted by Crippen LogP contribution is -2.23. The molecule has 1 amide bonds. The molecule has 0 fully saturated rings. The van der Waals surface area contributed by atoms with Gasteiger partial charge in [-0.05, 0) is 31.5 Å². The number of pyridine rings is 1. The lowest BCUT2D eigenvalue weighted by Gasteiger charge is -2.10. The summed E-state index contributed by atoms with van der Waals surface area (Å²) in [5.74, 6) is -1.94. The summed E-state index contributed by atoms with van der Waals surface area (Å²) in [7, 11) is -4.31. The molecule has 0 radical (unpaired) electrons. The van der Waals surface area contributed by atoms with E-state index in [1.807, 2.05) is 0 Å². The normalized spacial score (nSPS) is 11.5. The largest absolute Gasteiger partial charge is 0.468 e. The molecular weight excluding hydrogens is 396 g/mol. The Morgan fingerprint density at radius 2 is 2.11 bits per heavy atom. The number of rotatable bonds is 6. The Morgan fingerprint density at radius 1 is 1.36 bits per heavy atom. The Kier molecular flexibility index (Phi) is 5.18. The number of halogens is 2. The highest BCUT2D eigenvalue weighted by molar-refractivity contribution is 7.90. The van der Waals surface area contributed by atoms with Crippen molar-refractivity contribution in [2.45, 2.75) is 18.2 Å². The van der Waals surface area contributed by atoms with Gasteiger partial charge in [-0.15, -0.1) is 0 Å². The zero-order valence-corrected chi connectivity index (χ0v) is 15.3. The van der Waals surface area contributed by atoms with Gasteiger partial charge in [0, 0.05) is 24.5 Å². The lowest BCUT2D eigenvalue weighted by atomic mass is 10.1. The molecule has 0 unspecified atom stereocenters. The zero-order chi connectivity index (χ0) is 20.5. The molecule has 0 saturated carbocycles. The summed E-state index contributed by atoms with van der Waals surface area (Å²) in [5.41, 5.74) is -0.976. The second-order valence-electron chi connectivity index (χ2n) is 5.78. The van der Waals surface area contributed by atoms with Crippen molar-refractivity contribution < 1.29 is 31.5 Å². The average molecular weight is 411 g/mol. The minimum Gasteiger partial charge on any atom is -0.468 e. The Labute approximate surface area is 158 Å². The molecule has 28 heavy (non-hydrogen) atoms. The van der Waals surface area contributed by atoms with E-state index >= 15 is 4.39 Å². The van der Waals surface area contributed by atoms with Gasteiger partial charge in [0.15, 0.2) is 5.82 Å². The highest BCUT2D eigenvalue weighted by Crippen LogP contribution is 2.32. The molecule has 0 aliphatic heterocycles. The minimum absolute atomic E-state index is 0.0841. The summed E-state index contributed by atoms with van der Waals surface area (Å²) in [6, 6.07) is 3.75. The maximum absolute atomic E-state index is 15.1. The lowest BCUT2D eigenvalue weighted by molar-refractivity contribution is 0.194. The number of carbonyl (C=O) groups is 1. The zero-order valence-electron chi connectivity index (χ0n) is 14.5. The van der Waals surface area contributed by atoms with Crippen LogP contribution in [-0.2, 0) is 16.4 Å². The molecular formula is C17H15F2N3O5S. The molecule has 0 bridgehead atoms. The number of hydrogen-bond acceptors (Lipinski definition) is 5. The molecule has 0 aliphatic carbocycles. The van der Waals surface area contributed by atoms with Gasteiger partial charge in [0.05, 0.1) is 11.8 Å². The first-order valence-electron chi connectivity index (χ1n) is 8.00. The third-order valence-electron chi connectivity index (χ3n) is 4.02. The number of amides is 1. The Morgan fingerprint density at radius 3 is 2.71 bits per heavy atom. The molecule has 2 N–H and O–H groups in total. The monoisotopic (exact) mass is 411 g/mol. The van der Waals surface area contributed by atoms with E-state index in [9.17, 15) is 17.6 Å². The first-order chi connectivity index (χ1) is 13.2. The third kappa shape index (κ3) is 3.48. The van der Waals surface area contributed by atoms with Gasteiger partial charge in [0.1, 0.15) is 16.3 Å². The van der Waals surface area contributed by atoms with Crippen LogP contribution in [0.25, 0.3) is 11.3 Å². The molecule has 0 saturated heterocycles. The summed E-state index contributed by atoms with van der Waals surface area (Å²) in [6.45, 7) is 1.27. The number of hydrogen-bond donors (Lipinski definition) is 2. The van der Waals surface area contributed by atoms with Crippen LogP contribution in [0.5, 0.6) is 0 Å². The van der Waals surface area contributed by atoms with Gasteiger partial charge in [-0.3, -0.25) is 0 Å². The van der Waals surface area contributed by atoms with E-state index in [-0.39, 0.29) is 34.7 Å².